The molecule has 0 bridgehead atoms. The van der Waals surface area contributed by atoms with Gasteiger partial charge in [0.15, 0.2) is 0 Å². The van der Waals surface area contributed by atoms with Gasteiger partial charge in [0.2, 0.25) is 0 Å². The number of hydrogen-bond donors (Lipinski definition) is 2. The summed E-state index contributed by atoms with van der Waals surface area (Å²) in [5, 5.41) is 5.38. The van der Waals surface area contributed by atoms with Crippen LogP contribution in [0.5, 0.6) is 0 Å². The summed E-state index contributed by atoms with van der Waals surface area (Å²) in [4.78, 5) is 28.5. The van der Waals surface area contributed by atoms with Crippen molar-refractivity contribution in [2.75, 3.05) is 7.05 Å². The number of carbonyl (C=O) groups is 2. The molecule has 0 spiro atoms. The van der Waals surface area contributed by atoms with Crippen LogP contribution in [0.15, 0.2) is 42.5 Å². The molecule has 0 aliphatic carbocycles. The van der Waals surface area contributed by atoms with E-state index in [2.05, 4.69) is 15.6 Å². The van der Waals surface area contributed by atoms with Crippen molar-refractivity contribution < 1.29 is 9.59 Å². The normalized spacial score (nSPS) is 10.4. The van der Waals surface area contributed by atoms with Crippen LogP contribution in [0.2, 0.25) is 0 Å². The molecule has 2 rings (SSSR count). The molecule has 2 aromatic rings. The summed E-state index contributed by atoms with van der Waals surface area (Å²) in [5.41, 5.74) is 2.45. The van der Waals surface area contributed by atoms with E-state index in [9.17, 15) is 9.59 Å². The second kappa shape index (κ2) is 7.54. The predicted molar refractivity (Wildman–Crippen MR) is 89.5 cm³/mol. The minimum Gasteiger partial charge on any atom is -0.354 e. The molecule has 1 heterocycles. The lowest BCUT2D eigenvalue weighted by Gasteiger charge is -2.11. The second-order valence-corrected chi connectivity index (χ2v) is 5.60. The zero-order valence-corrected chi connectivity index (χ0v) is 13.6. The average molecular weight is 311 g/mol. The van der Waals surface area contributed by atoms with Crippen molar-refractivity contribution in [1.29, 1.82) is 0 Å². The molecule has 0 aliphatic heterocycles. The lowest BCUT2D eigenvalue weighted by molar-refractivity contribution is 0.0943. The molecule has 120 valence electrons. The van der Waals surface area contributed by atoms with Crippen molar-refractivity contribution in [3.63, 3.8) is 0 Å². The monoisotopic (exact) mass is 311 g/mol. The summed E-state index contributed by atoms with van der Waals surface area (Å²) in [6.07, 6.45) is 0.563. The number of pyridine rings is 1. The van der Waals surface area contributed by atoms with E-state index in [-0.39, 0.29) is 23.6 Å². The maximum atomic E-state index is 12.3. The fourth-order valence-corrected chi connectivity index (χ4v) is 2.20. The molecule has 0 unspecified atom stereocenters. The van der Waals surface area contributed by atoms with Crippen LogP contribution in [-0.4, -0.2) is 29.9 Å². The van der Waals surface area contributed by atoms with Crippen LogP contribution >= 0.6 is 0 Å². The van der Waals surface area contributed by atoms with Crippen molar-refractivity contribution in [2.45, 2.75) is 26.3 Å². The molecule has 23 heavy (non-hydrogen) atoms. The largest absolute Gasteiger partial charge is 0.354 e. The topological polar surface area (TPSA) is 71.1 Å². The standard InChI is InChI=1S/C18H21N3O2/c1-12(2)20-17(22)14-10-15(9-13-7-5-4-6-8-13)21-16(11-14)18(23)19-3/h4-8,10-12H,9H2,1-3H3,(H,19,23)(H,20,22). The van der Waals surface area contributed by atoms with Crippen molar-refractivity contribution >= 4 is 11.8 Å². The minimum atomic E-state index is -0.307. The van der Waals surface area contributed by atoms with E-state index >= 15 is 0 Å². The molecule has 0 radical (unpaired) electrons. The van der Waals surface area contributed by atoms with Crippen molar-refractivity contribution in [2.24, 2.45) is 0 Å². The number of rotatable bonds is 5. The number of nitrogens with zero attached hydrogens (tertiary/aromatic N) is 1. The van der Waals surface area contributed by atoms with E-state index in [1.807, 2.05) is 44.2 Å². The average Bonchev–Trinajstić information content (AvgIpc) is 2.54. The summed E-state index contributed by atoms with van der Waals surface area (Å²) in [5.74, 6) is -0.514. The van der Waals surface area contributed by atoms with Gasteiger partial charge in [-0.3, -0.25) is 9.59 Å². The van der Waals surface area contributed by atoms with Gasteiger partial charge < -0.3 is 10.6 Å². The second-order valence-electron chi connectivity index (χ2n) is 5.60. The predicted octanol–water partition coefficient (Wildman–Crippen LogP) is 2.17. The molecule has 5 nitrogen and oxygen atoms in total. The Balaban J connectivity index is 2.37. The molecule has 5 heteroatoms. The summed E-state index contributed by atoms with van der Waals surface area (Å²) in [6.45, 7) is 3.78. The fourth-order valence-electron chi connectivity index (χ4n) is 2.20. The number of hydrogen-bond acceptors (Lipinski definition) is 3. The Morgan fingerprint density at radius 1 is 1.09 bits per heavy atom. The summed E-state index contributed by atoms with van der Waals surface area (Å²) in [6, 6.07) is 13.1. The van der Waals surface area contributed by atoms with Gasteiger partial charge in [0.05, 0.1) is 0 Å². The van der Waals surface area contributed by atoms with Gasteiger partial charge in [0.25, 0.3) is 11.8 Å². The maximum Gasteiger partial charge on any atom is 0.269 e. The highest BCUT2D eigenvalue weighted by Gasteiger charge is 2.14. The van der Waals surface area contributed by atoms with Crippen LogP contribution in [0.25, 0.3) is 0 Å². The molecule has 0 saturated carbocycles. The smallest absolute Gasteiger partial charge is 0.269 e. The zero-order chi connectivity index (χ0) is 16.8. The van der Waals surface area contributed by atoms with E-state index in [0.29, 0.717) is 17.7 Å². The molecular weight excluding hydrogens is 290 g/mol. The first kappa shape index (κ1) is 16.7. The lowest BCUT2D eigenvalue weighted by Crippen LogP contribution is -2.31. The van der Waals surface area contributed by atoms with Crippen molar-refractivity contribution in [1.82, 2.24) is 15.6 Å². The molecule has 1 aromatic heterocycles. The van der Waals surface area contributed by atoms with Crippen LogP contribution in [0.1, 0.15) is 46.0 Å². The Kier molecular flexibility index (Phi) is 5.46. The fraction of sp³-hybridized carbons (Fsp3) is 0.278. The number of benzene rings is 1. The molecule has 0 fully saturated rings. The molecule has 0 saturated heterocycles. The van der Waals surface area contributed by atoms with Crippen molar-refractivity contribution in [3.8, 4) is 0 Å². The van der Waals surface area contributed by atoms with Crippen LogP contribution in [-0.2, 0) is 6.42 Å². The van der Waals surface area contributed by atoms with E-state index < -0.39 is 0 Å². The van der Waals surface area contributed by atoms with E-state index in [1.54, 1.807) is 13.1 Å². The van der Waals surface area contributed by atoms with Gasteiger partial charge in [-0.2, -0.15) is 0 Å². The molecule has 1 aromatic carbocycles. The zero-order valence-electron chi connectivity index (χ0n) is 13.6. The van der Waals surface area contributed by atoms with Crippen LogP contribution in [0.3, 0.4) is 0 Å². The number of amides is 2. The first-order chi connectivity index (χ1) is 11.0. The highest BCUT2D eigenvalue weighted by Crippen LogP contribution is 2.12. The van der Waals surface area contributed by atoms with Gasteiger partial charge >= 0.3 is 0 Å². The third-order valence-electron chi connectivity index (χ3n) is 3.25. The number of carbonyl (C=O) groups excluding carboxylic acids is 2. The molecule has 0 aliphatic rings. The third-order valence-corrected chi connectivity index (χ3v) is 3.25. The number of aromatic nitrogens is 1. The van der Waals surface area contributed by atoms with Gasteiger partial charge in [0.1, 0.15) is 5.69 Å². The van der Waals surface area contributed by atoms with Gasteiger partial charge in [0, 0.05) is 30.8 Å². The Morgan fingerprint density at radius 3 is 2.39 bits per heavy atom. The minimum absolute atomic E-state index is 0.0247. The van der Waals surface area contributed by atoms with Gasteiger partial charge in [-0.1, -0.05) is 30.3 Å². The van der Waals surface area contributed by atoms with E-state index in [0.717, 1.165) is 5.56 Å². The Hall–Kier alpha value is -2.69. The SMILES string of the molecule is CNC(=O)c1cc(C(=O)NC(C)C)cc(Cc2ccccc2)n1. The summed E-state index contributed by atoms with van der Waals surface area (Å²) < 4.78 is 0. The van der Waals surface area contributed by atoms with Crippen molar-refractivity contribution in [3.05, 3.63) is 65.0 Å². The molecule has 0 atom stereocenters. The summed E-state index contributed by atoms with van der Waals surface area (Å²) in [7, 11) is 1.54. The quantitative estimate of drug-likeness (QED) is 0.889. The molecular formula is C18H21N3O2. The Bertz CT molecular complexity index is 697. The highest BCUT2D eigenvalue weighted by atomic mass is 16.2. The molecule has 2 amide bonds. The maximum absolute atomic E-state index is 12.3. The first-order valence-corrected chi connectivity index (χ1v) is 7.57. The molecule has 2 N–H and O–H groups in total. The van der Waals surface area contributed by atoms with E-state index in [4.69, 9.17) is 0 Å². The third kappa shape index (κ3) is 4.64. The summed E-state index contributed by atoms with van der Waals surface area (Å²) >= 11 is 0. The Labute approximate surface area is 136 Å². The van der Waals surface area contributed by atoms with Gasteiger partial charge in [-0.25, -0.2) is 4.98 Å². The Morgan fingerprint density at radius 2 is 1.78 bits per heavy atom. The van der Waals surface area contributed by atoms with E-state index in [1.165, 1.54) is 6.07 Å². The highest BCUT2D eigenvalue weighted by molar-refractivity contribution is 5.98. The lowest BCUT2D eigenvalue weighted by atomic mass is 10.1. The van der Waals surface area contributed by atoms with Gasteiger partial charge in [-0.05, 0) is 31.5 Å². The van der Waals surface area contributed by atoms with Crippen LogP contribution < -0.4 is 10.6 Å². The van der Waals surface area contributed by atoms with Crippen LogP contribution in [0, 0.1) is 0 Å². The van der Waals surface area contributed by atoms with Crippen LogP contribution in [0.4, 0.5) is 0 Å². The number of nitrogens with one attached hydrogen (secondary N) is 2. The van der Waals surface area contributed by atoms with Gasteiger partial charge in [-0.15, -0.1) is 0 Å². The first-order valence-electron chi connectivity index (χ1n) is 7.57.